The summed E-state index contributed by atoms with van der Waals surface area (Å²) in [7, 11) is 0. The average Bonchev–Trinajstić information content (AvgIpc) is 2.87. The maximum absolute atomic E-state index is 13.3. The number of rotatable bonds is 2. The Balaban J connectivity index is 1.98. The quantitative estimate of drug-likeness (QED) is 0.748. The van der Waals surface area contributed by atoms with E-state index < -0.39 is 17.8 Å². The number of hydrogen-bond donors (Lipinski definition) is 0. The minimum atomic E-state index is -4.63. The second-order valence-electron chi connectivity index (χ2n) is 6.16. The summed E-state index contributed by atoms with van der Waals surface area (Å²) in [5.74, 6) is -2.95. The first-order chi connectivity index (χ1) is 11.2. The van der Waals surface area contributed by atoms with E-state index in [2.05, 4.69) is 4.98 Å². The van der Waals surface area contributed by atoms with Gasteiger partial charge in [0.15, 0.2) is 5.69 Å². The van der Waals surface area contributed by atoms with Gasteiger partial charge in [-0.3, -0.25) is 0 Å². The van der Waals surface area contributed by atoms with Gasteiger partial charge in [-0.15, -0.1) is 0 Å². The van der Waals surface area contributed by atoms with E-state index in [0.29, 0.717) is 0 Å². The first-order valence-electron chi connectivity index (χ1n) is 7.56. The number of hydrogen-bond acceptors (Lipinski definition) is 2. The van der Waals surface area contributed by atoms with Crippen molar-refractivity contribution in [3.05, 3.63) is 35.3 Å². The Hall–Kier alpha value is -2.17. The van der Waals surface area contributed by atoms with Crippen molar-refractivity contribution in [1.82, 2.24) is 9.38 Å². The molecule has 0 spiro atoms. The number of imidazole rings is 1. The fourth-order valence-electron chi connectivity index (χ4n) is 3.16. The summed E-state index contributed by atoms with van der Waals surface area (Å²) < 4.78 is 67.6. The number of fused-ring (bicyclic) bond motifs is 1. The van der Waals surface area contributed by atoms with Gasteiger partial charge in [0.1, 0.15) is 5.65 Å². The number of pyridine rings is 1. The molecule has 24 heavy (non-hydrogen) atoms. The van der Waals surface area contributed by atoms with Crippen LogP contribution in [0.1, 0.15) is 42.6 Å². The Kier molecular flexibility index (Phi) is 3.98. The third-order valence-electron chi connectivity index (χ3n) is 4.44. The van der Waals surface area contributed by atoms with Gasteiger partial charge in [-0.05, 0) is 37.3 Å². The number of alkyl halides is 5. The maximum atomic E-state index is 13.3. The second-order valence-corrected chi connectivity index (χ2v) is 6.16. The molecular weight excluding hydrogens is 329 g/mol. The first-order valence-corrected chi connectivity index (χ1v) is 7.56. The van der Waals surface area contributed by atoms with Gasteiger partial charge in [-0.1, -0.05) is 0 Å². The molecule has 1 saturated carbocycles. The van der Waals surface area contributed by atoms with Crippen LogP contribution in [0.4, 0.5) is 22.0 Å². The molecule has 3 rings (SSSR count). The zero-order valence-corrected chi connectivity index (χ0v) is 12.6. The molecule has 0 unspecified atom stereocenters. The van der Waals surface area contributed by atoms with Crippen molar-refractivity contribution in [1.29, 1.82) is 5.26 Å². The standard InChI is InChI=1S/C16H14F5N3/c17-15(18)4-1-10(2-5-15)7-12-14(16(19,20)21)23-13-8-11(9-22)3-6-24(12)13/h3,6,8,10H,1-2,4-5,7H2. The van der Waals surface area contributed by atoms with E-state index >= 15 is 0 Å². The summed E-state index contributed by atoms with van der Waals surface area (Å²) >= 11 is 0. The van der Waals surface area contributed by atoms with Crippen LogP contribution in [-0.2, 0) is 12.6 Å². The Morgan fingerprint density at radius 1 is 1.29 bits per heavy atom. The molecular formula is C16H14F5N3. The first kappa shape index (κ1) is 16.7. The summed E-state index contributed by atoms with van der Waals surface area (Å²) in [6, 6.07) is 4.55. The Labute approximate surface area is 134 Å². The Morgan fingerprint density at radius 2 is 1.96 bits per heavy atom. The van der Waals surface area contributed by atoms with E-state index in [9.17, 15) is 22.0 Å². The third-order valence-corrected chi connectivity index (χ3v) is 4.44. The maximum Gasteiger partial charge on any atom is 0.435 e. The largest absolute Gasteiger partial charge is 0.435 e. The molecule has 1 aliphatic carbocycles. The zero-order chi connectivity index (χ0) is 17.5. The van der Waals surface area contributed by atoms with Gasteiger partial charge < -0.3 is 4.40 Å². The van der Waals surface area contributed by atoms with Crippen LogP contribution < -0.4 is 0 Å². The molecule has 0 aromatic carbocycles. The highest BCUT2D eigenvalue weighted by Gasteiger charge is 2.40. The van der Waals surface area contributed by atoms with Crippen molar-refractivity contribution in [2.45, 2.75) is 44.2 Å². The highest BCUT2D eigenvalue weighted by atomic mass is 19.4. The zero-order valence-electron chi connectivity index (χ0n) is 12.6. The van der Waals surface area contributed by atoms with Crippen molar-refractivity contribution in [2.75, 3.05) is 0 Å². The molecule has 0 amide bonds. The highest BCUT2D eigenvalue weighted by Crippen LogP contribution is 2.39. The van der Waals surface area contributed by atoms with E-state index in [4.69, 9.17) is 5.26 Å². The van der Waals surface area contributed by atoms with Crippen LogP contribution in [0.2, 0.25) is 0 Å². The summed E-state index contributed by atoms with van der Waals surface area (Å²) in [5, 5.41) is 8.86. The van der Waals surface area contributed by atoms with E-state index in [1.54, 1.807) is 0 Å². The molecule has 0 radical (unpaired) electrons. The van der Waals surface area contributed by atoms with Gasteiger partial charge in [0.25, 0.3) is 0 Å². The molecule has 8 heteroatoms. The Bertz CT molecular complexity index is 790. The number of nitrogens with zero attached hydrogens (tertiary/aromatic N) is 3. The van der Waals surface area contributed by atoms with Crippen molar-refractivity contribution < 1.29 is 22.0 Å². The minimum absolute atomic E-state index is 0.0304. The van der Waals surface area contributed by atoms with Crippen LogP contribution in [0.3, 0.4) is 0 Å². The van der Waals surface area contributed by atoms with Crippen LogP contribution in [0.15, 0.2) is 18.3 Å². The molecule has 3 nitrogen and oxygen atoms in total. The average molecular weight is 343 g/mol. The number of halogens is 5. The smallest absolute Gasteiger partial charge is 0.303 e. The van der Waals surface area contributed by atoms with Crippen molar-refractivity contribution in [2.24, 2.45) is 5.92 Å². The van der Waals surface area contributed by atoms with E-state index in [1.807, 2.05) is 6.07 Å². The molecule has 2 heterocycles. The van der Waals surface area contributed by atoms with Crippen LogP contribution in [0.5, 0.6) is 0 Å². The van der Waals surface area contributed by atoms with Gasteiger partial charge in [0.05, 0.1) is 17.3 Å². The van der Waals surface area contributed by atoms with Gasteiger partial charge in [-0.25, -0.2) is 13.8 Å². The lowest BCUT2D eigenvalue weighted by atomic mass is 9.83. The monoisotopic (exact) mass is 343 g/mol. The predicted molar refractivity (Wildman–Crippen MR) is 75.5 cm³/mol. The van der Waals surface area contributed by atoms with E-state index in [0.717, 1.165) is 0 Å². The lowest BCUT2D eigenvalue weighted by molar-refractivity contribution is -0.141. The SMILES string of the molecule is N#Cc1ccn2c(CC3CCC(F)(F)CC3)c(C(F)(F)F)nc2c1. The molecule has 0 aliphatic heterocycles. The molecule has 128 valence electrons. The van der Waals surface area contributed by atoms with E-state index in [1.165, 1.54) is 22.7 Å². The lowest BCUT2D eigenvalue weighted by Crippen LogP contribution is -2.26. The fourth-order valence-corrected chi connectivity index (χ4v) is 3.16. The molecule has 0 N–H and O–H groups in total. The highest BCUT2D eigenvalue weighted by molar-refractivity contribution is 5.49. The molecule has 2 aromatic rings. The van der Waals surface area contributed by atoms with Crippen molar-refractivity contribution in [3.63, 3.8) is 0 Å². The van der Waals surface area contributed by atoms with Gasteiger partial charge in [-0.2, -0.15) is 18.4 Å². The summed E-state index contributed by atoms with van der Waals surface area (Å²) in [6.07, 6.45) is -3.43. The van der Waals surface area contributed by atoms with Crippen molar-refractivity contribution in [3.8, 4) is 6.07 Å². The summed E-state index contributed by atoms with van der Waals surface area (Å²) in [6.45, 7) is 0. The van der Waals surface area contributed by atoms with Gasteiger partial charge in [0, 0.05) is 19.0 Å². The van der Waals surface area contributed by atoms with Crippen LogP contribution >= 0.6 is 0 Å². The lowest BCUT2D eigenvalue weighted by Gasteiger charge is -2.28. The van der Waals surface area contributed by atoms with Crippen molar-refractivity contribution >= 4 is 5.65 Å². The predicted octanol–water partition coefficient (Wildman–Crippen LogP) is 4.59. The van der Waals surface area contributed by atoms with Gasteiger partial charge >= 0.3 is 6.18 Å². The minimum Gasteiger partial charge on any atom is -0.303 e. The summed E-state index contributed by atoms with van der Waals surface area (Å²) in [5.41, 5.74) is -0.783. The van der Waals surface area contributed by atoms with Crippen LogP contribution in [0.25, 0.3) is 5.65 Å². The van der Waals surface area contributed by atoms with Crippen LogP contribution in [-0.4, -0.2) is 15.3 Å². The van der Waals surface area contributed by atoms with E-state index in [-0.39, 0.29) is 54.9 Å². The summed E-state index contributed by atoms with van der Waals surface area (Å²) in [4.78, 5) is 3.63. The molecule has 1 fully saturated rings. The third kappa shape index (κ3) is 3.21. The second kappa shape index (κ2) is 5.72. The Morgan fingerprint density at radius 3 is 2.54 bits per heavy atom. The number of aromatic nitrogens is 2. The molecule has 0 atom stereocenters. The number of nitriles is 1. The molecule has 2 aromatic heterocycles. The fraction of sp³-hybridized carbons (Fsp3) is 0.500. The van der Waals surface area contributed by atoms with Crippen LogP contribution in [0, 0.1) is 17.2 Å². The normalized spacial score (nSPS) is 18.7. The molecule has 0 saturated heterocycles. The molecule has 1 aliphatic rings. The van der Waals surface area contributed by atoms with Gasteiger partial charge in [0.2, 0.25) is 5.92 Å². The topological polar surface area (TPSA) is 41.1 Å². The molecule has 0 bridgehead atoms.